The van der Waals surface area contributed by atoms with Gasteiger partial charge in [-0.3, -0.25) is 14.2 Å². The highest BCUT2D eigenvalue weighted by Gasteiger charge is 2.23. The molecular formula is C27H34N4O4S. The average Bonchev–Trinajstić information content (AvgIpc) is 2.91. The molecule has 0 saturated carbocycles. The molecule has 2 aromatic carbocycles. The molecule has 2 heterocycles. The lowest BCUT2D eigenvalue weighted by Gasteiger charge is -2.29. The molecule has 4 rings (SSSR count). The van der Waals surface area contributed by atoms with Gasteiger partial charge in [-0.15, -0.1) is 0 Å². The standard InChI is InChI=1S/C27H34N4O4S/c1-4-6-12-31-26(33)22-18-20(30-13-15-35-16-14-30)10-11-23(22)29-27(31)36-24(5-2)25(32)28-19-8-7-9-21(17-19)34-3/h7-11,17-18,24H,4-6,12-16H2,1-3H3,(H,28,32). The van der Waals surface area contributed by atoms with E-state index in [1.54, 1.807) is 17.7 Å². The third-order valence-electron chi connectivity index (χ3n) is 6.26. The van der Waals surface area contributed by atoms with Crippen LogP contribution in [-0.2, 0) is 16.1 Å². The minimum atomic E-state index is -0.402. The van der Waals surface area contributed by atoms with Crippen LogP contribution in [0, 0.1) is 0 Å². The van der Waals surface area contributed by atoms with Gasteiger partial charge in [-0.25, -0.2) is 4.98 Å². The molecule has 1 fully saturated rings. The quantitative estimate of drug-likeness (QED) is 0.316. The van der Waals surface area contributed by atoms with E-state index >= 15 is 0 Å². The van der Waals surface area contributed by atoms with Crippen LogP contribution in [0.3, 0.4) is 0 Å². The zero-order valence-corrected chi connectivity index (χ0v) is 22.0. The molecule has 1 unspecified atom stereocenters. The van der Waals surface area contributed by atoms with E-state index in [0.717, 1.165) is 31.6 Å². The topological polar surface area (TPSA) is 85.7 Å². The summed E-state index contributed by atoms with van der Waals surface area (Å²) in [5, 5.41) is 3.76. The summed E-state index contributed by atoms with van der Waals surface area (Å²) in [6.45, 7) is 7.60. The smallest absolute Gasteiger partial charge is 0.262 e. The van der Waals surface area contributed by atoms with E-state index in [2.05, 4.69) is 17.1 Å². The van der Waals surface area contributed by atoms with E-state index in [0.29, 0.717) is 53.7 Å². The second kappa shape index (κ2) is 12.3. The highest BCUT2D eigenvalue weighted by Crippen LogP contribution is 2.28. The van der Waals surface area contributed by atoms with Crippen molar-refractivity contribution in [3.63, 3.8) is 0 Å². The maximum absolute atomic E-state index is 13.6. The van der Waals surface area contributed by atoms with E-state index in [1.165, 1.54) is 11.8 Å². The fraction of sp³-hybridized carbons (Fsp3) is 0.444. The van der Waals surface area contributed by atoms with Crippen LogP contribution in [0.1, 0.15) is 33.1 Å². The van der Waals surface area contributed by atoms with Crippen molar-refractivity contribution in [3.05, 3.63) is 52.8 Å². The number of carbonyl (C=O) groups excluding carboxylic acids is 1. The first-order valence-electron chi connectivity index (χ1n) is 12.5. The number of ether oxygens (including phenoxy) is 2. The van der Waals surface area contributed by atoms with Gasteiger partial charge in [-0.2, -0.15) is 0 Å². The number of fused-ring (bicyclic) bond motifs is 1. The van der Waals surface area contributed by atoms with Gasteiger partial charge in [-0.1, -0.05) is 38.1 Å². The minimum absolute atomic E-state index is 0.0610. The molecule has 1 amide bonds. The molecule has 1 aromatic heterocycles. The maximum Gasteiger partial charge on any atom is 0.262 e. The van der Waals surface area contributed by atoms with Crippen molar-refractivity contribution in [2.24, 2.45) is 0 Å². The number of aromatic nitrogens is 2. The van der Waals surface area contributed by atoms with Crippen LogP contribution in [0.15, 0.2) is 52.4 Å². The largest absolute Gasteiger partial charge is 0.497 e. The zero-order chi connectivity index (χ0) is 25.5. The molecule has 3 aromatic rings. The van der Waals surface area contributed by atoms with Gasteiger partial charge in [0.1, 0.15) is 5.75 Å². The van der Waals surface area contributed by atoms with Gasteiger partial charge in [0.2, 0.25) is 5.91 Å². The molecule has 8 nitrogen and oxygen atoms in total. The predicted octanol–water partition coefficient (Wildman–Crippen LogP) is 4.55. The molecule has 0 radical (unpaired) electrons. The van der Waals surface area contributed by atoms with Gasteiger partial charge in [0, 0.05) is 37.1 Å². The zero-order valence-electron chi connectivity index (χ0n) is 21.2. The predicted molar refractivity (Wildman–Crippen MR) is 146 cm³/mol. The number of amides is 1. The Bertz CT molecular complexity index is 1260. The molecule has 1 N–H and O–H groups in total. The highest BCUT2D eigenvalue weighted by molar-refractivity contribution is 8.00. The maximum atomic E-state index is 13.6. The van der Waals surface area contributed by atoms with E-state index in [1.807, 2.05) is 43.3 Å². The van der Waals surface area contributed by atoms with Crippen LogP contribution in [0.2, 0.25) is 0 Å². The number of unbranched alkanes of at least 4 members (excludes halogenated alkanes) is 1. The molecule has 9 heteroatoms. The summed E-state index contributed by atoms with van der Waals surface area (Å²) in [6.07, 6.45) is 2.41. The molecule has 1 aliphatic rings. The van der Waals surface area contributed by atoms with E-state index in [-0.39, 0.29) is 11.5 Å². The van der Waals surface area contributed by atoms with Crippen molar-refractivity contribution in [3.8, 4) is 5.75 Å². The van der Waals surface area contributed by atoms with Gasteiger partial charge in [0.25, 0.3) is 5.56 Å². The molecule has 1 aliphatic heterocycles. The highest BCUT2D eigenvalue weighted by atomic mass is 32.2. The number of rotatable bonds is 10. The van der Waals surface area contributed by atoms with Crippen molar-refractivity contribution in [2.75, 3.05) is 43.6 Å². The normalized spacial score (nSPS) is 14.6. The summed E-state index contributed by atoms with van der Waals surface area (Å²) in [5.41, 5.74) is 2.27. The lowest BCUT2D eigenvalue weighted by Crippen LogP contribution is -2.36. The number of thioether (sulfide) groups is 1. The summed E-state index contributed by atoms with van der Waals surface area (Å²) in [7, 11) is 1.59. The molecule has 192 valence electrons. The van der Waals surface area contributed by atoms with Crippen LogP contribution in [0.4, 0.5) is 11.4 Å². The van der Waals surface area contributed by atoms with Crippen molar-refractivity contribution in [1.82, 2.24) is 9.55 Å². The first kappa shape index (κ1) is 26.0. The molecule has 0 bridgehead atoms. The first-order chi connectivity index (χ1) is 17.5. The second-order valence-electron chi connectivity index (χ2n) is 8.74. The Morgan fingerprint density at radius 1 is 1.19 bits per heavy atom. The van der Waals surface area contributed by atoms with E-state index < -0.39 is 5.25 Å². The summed E-state index contributed by atoms with van der Waals surface area (Å²) in [4.78, 5) is 33.9. The van der Waals surface area contributed by atoms with Crippen LogP contribution in [-0.4, -0.2) is 54.1 Å². The monoisotopic (exact) mass is 510 g/mol. The van der Waals surface area contributed by atoms with Crippen LogP contribution < -0.4 is 20.5 Å². The Morgan fingerprint density at radius 3 is 2.72 bits per heavy atom. The van der Waals surface area contributed by atoms with Gasteiger partial charge in [0.15, 0.2) is 5.16 Å². The fourth-order valence-electron chi connectivity index (χ4n) is 4.18. The molecule has 1 saturated heterocycles. The number of morpholine rings is 1. The average molecular weight is 511 g/mol. The van der Waals surface area contributed by atoms with Gasteiger partial charge >= 0.3 is 0 Å². The lowest BCUT2D eigenvalue weighted by atomic mass is 10.2. The molecule has 1 atom stereocenters. The van der Waals surface area contributed by atoms with Crippen LogP contribution in [0.5, 0.6) is 5.75 Å². The SMILES string of the molecule is CCCCn1c(SC(CC)C(=O)Nc2cccc(OC)c2)nc2ccc(N3CCOCC3)cc2c1=O. The van der Waals surface area contributed by atoms with Crippen molar-refractivity contribution in [2.45, 2.75) is 50.1 Å². The lowest BCUT2D eigenvalue weighted by molar-refractivity contribution is -0.115. The molecule has 0 aliphatic carbocycles. The number of anilines is 2. The molecule has 0 spiro atoms. The number of nitrogens with zero attached hydrogens (tertiary/aromatic N) is 3. The van der Waals surface area contributed by atoms with Crippen molar-refractivity contribution in [1.29, 1.82) is 0 Å². The Labute approximate surface area is 216 Å². The number of benzene rings is 2. The third-order valence-corrected chi connectivity index (χ3v) is 7.62. The van der Waals surface area contributed by atoms with Gasteiger partial charge in [0.05, 0.1) is 36.5 Å². The van der Waals surface area contributed by atoms with Crippen LogP contribution in [0.25, 0.3) is 10.9 Å². The molecular weight excluding hydrogens is 476 g/mol. The summed E-state index contributed by atoms with van der Waals surface area (Å²) >= 11 is 1.35. The Kier molecular flexibility index (Phi) is 8.88. The first-order valence-corrected chi connectivity index (χ1v) is 13.4. The van der Waals surface area contributed by atoms with E-state index in [4.69, 9.17) is 14.5 Å². The number of methoxy groups -OCH3 is 1. The van der Waals surface area contributed by atoms with Gasteiger partial charge < -0.3 is 19.7 Å². The number of nitrogens with one attached hydrogen (secondary N) is 1. The number of hydrogen-bond donors (Lipinski definition) is 1. The molecule has 36 heavy (non-hydrogen) atoms. The van der Waals surface area contributed by atoms with Gasteiger partial charge in [-0.05, 0) is 43.2 Å². The summed E-state index contributed by atoms with van der Waals surface area (Å²) in [6, 6.07) is 13.1. The fourth-order valence-corrected chi connectivity index (χ4v) is 5.22. The summed E-state index contributed by atoms with van der Waals surface area (Å²) < 4.78 is 12.5. The Balaban J connectivity index is 1.63. The minimum Gasteiger partial charge on any atom is -0.497 e. The van der Waals surface area contributed by atoms with Crippen molar-refractivity contribution >= 4 is 39.9 Å². The van der Waals surface area contributed by atoms with Crippen LogP contribution >= 0.6 is 11.8 Å². The number of carbonyl (C=O) groups is 1. The Morgan fingerprint density at radius 2 is 2.00 bits per heavy atom. The van der Waals surface area contributed by atoms with Crippen molar-refractivity contribution < 1.29 is 14.3 Å². The summed E-state index contributed by atoms with van der Waals surface area (Å²) in [5.74, 6) is 0.546. The third kappa shape index (κ3) is 6.02. The number of hydrogen-bond acceptors (Lipinski definition) is 7. The van der Waals surface area contributed by atoms with E-state index in [9.17, 15) is 9.59 Å². The second-order valence-corrected chi connectivity index (χ2v) is 9.91. The Hall–Kier alpha value is -3.04.